The molecule has 2 aromatic rings. The van der Waals surface area contributed by atoms with E-state index in [-0.39, 0.29) is 11.9 Å². The maximum atomic E-state index is 12.7. The Morgan fingerprint density at radius 3 is 2.52 bits per heavy atom. The molecule has 0 aromatic heterocycles. The lowest BCUT2D eigenvalue weighted by atomic mass is 9.97. The average Bonchev–Trinajstić information content (AvgIpc) is 2.71. The van der Waals surface area contributed by atoms with E-state index in [9.17, 15) is 10.1 Å². The van der Waals surface area contributed by atoms with Crippen LogP contribution in [0.2, 0.25) is 0 Å². The number of carbonyl (C=O) groups is 1. The number of nitriles is 1. The normalized spacial score (nSPS) is 16.6. The van der Waals surface area contributed by atoms with Crippen molar-refractivity contribution in [3.63, 3.8) is 0 Å². The summed E-state index contributed by atoms with van der Waals surface area (Å²) in [6.07, 6.45) is 0.872. The second-order valence-corrected chi connectivity index (χ2v) is 6.68. The Morgan fingerprint density at radius 1 is 1.19 bits per heavy atom. The predicted octanol–water partition coefficient (Wildman–Crippen LogP) is 1.54. The van der Waals surface area contributed by atoms with Gasteiger partial charge >= 0.3 is 0 Å². The van der Waals surface area contributed by atoms with E-state index in [4.69, 9.17) is 9.47 Å². The number of anilines is 1. The quantitative estimate of drug-likeness (QED) is 0.842. The highest BCUT2D eigenvalue weighted by molar-refractivity contribution is 5.94. The van der Waals surface area contributed by atoms with Crippen molar-refractivity contribution in [2.75, 3.05) is 26.1 Å². The van der Waals surface area contributed by atoms with Gasteiger partial charge in [-0.1, -0.05) is 12.1 Å². The van der Waals surface area contributed by atoms with Gasteiger partial charge in [-0.15, -0.1) is 0 Å². The van der Waals surface area contributed by atoms with Crippen LogP contribution in [0.25, 0.3) is 0 Å². The molecule has 0 radical (unpaired) electrons. The molecule has 1 aliphatic heterocycles. The Hall–Kier alpha value is -3.04. The number of hydrogen-bond donors (Lipinski definition) is 2. The fraction of sp³-hybridized carbons (Fsp3) is 0.333. The standard InChI is InChI=1S/C21H23N3O3/c1-14(21(25)23-18-7-5-4-6-16(18)12-22)24-9-8-15-10-19(26-2)20(27-3)11-17(15)13-24/h4-7,10-11,14H,8-9,13H2,1-3H3,(H,23,25)/p+1/t14-/m0/s1. The molecule has 2 atom stereocenters. The van der Waals surface area contributed by atoms with Crippen LogP contribution in [-0.2, 0) is 17.8 Å². The zero-order valence-corrected chi connectivity index (χ0v) is 15.8. The van der Waals surface area contributed by atoms with E-state index in [1.165, 1.54) is 16.0 Å². The van der Waals surface area contributed by atoms with E-state index in [0.717, 1.165) is 25.3 Å². The fourth-order valence-electron chi connectivity index (χ4n) is 3.47. The second-order valence-electron chi connectivity index (χ2n) is 6.68. The van der Waals surface area contributed by atoms with Crippen LogP contribution in [0.3, 0.4) is 0 Å². The van der Waals surface area contributed by atoms with Crippen LogP contribution < -0.4 is 19.7 Å². The van der Waals surface area contributed by atoms with Gasteiger partial charge in [0, 0.05) is 12.0 Å². The first-order chi connectivity index (χ1) is 13.1. The molecular formula is C21H24N3O3+. The SMILES string of the molecule is COc1cc2c(cc1OC)C[NH+]([C@@H](C)C(=O)Nc1ccccc1C#N)CC2. The maximum absolute atomic E-state index is 12.7. The molecule has 0 spiro atoms. The molecule has 2 aromatic carbocycles. The van der Waals surface area contributed by atoms with Gasteiger partial charge in [-0.25, -0.2) is 0 Å². The minimum absolute atomic E-state index is 0.0865. The second kappa shape index (κ2) is 8.11. The Labute approximate surface area is 159 Å². The number of quaternary nitrogens is 1. The van der Waals surface area contributed by atoms with Gasteiger partial charge in [0.25, 0.3) is 5.91 Å². The third kappa shape index (κ3) is 3.88. The van der Waals surface area contributed by atoms with Crippen molar-refractivity contribution < 1.29 is 19.2 Å². The molecule has 2 N–H and O–H groups in total. The predicted molar refractivity (Wildman–Crippen MR) is 102 cm³/mol. The lowest BCUT2D eigenvalue weighted by Gasteiger charge is -2.30. The first-order valence-electron chi connectivity index (χ1n) is 8.95. The first-order valence-corrected chi connectivity index (χ1v) is 8.95. The molecule has 1 amide bonds. The van der Waals surface area contributed by atoms with Gasteiger partial charge in [0.05, 0.1) is 32.0 Å². The van der Waals surface area contributed by atoms with Crippen LogP contribution in [0.15, 0.2) is 36.4 Å². The van der Waals surface area contributed by atoms with Gasteiger partial charge in [0.15, 0.2) is 17.5 Å². The van der Waals surface area contributed by atoms with Crippen molar-refractivity contribution in [2.24, 2.45) is 0 Å². The molecule has 0 bridgehead atoms. The number of carbonyl (C=O) groups excluding carboxylic acids is 1. The molecule has 6 heteroatoms. The molecular weight excluding hydrogens is 342 g/mol. The Morgan fingerprint density at radius 2 is 1.85 bits per heavy atom. The van der Waals surface area contributed by atoms with Crippen LogP contribution >= 0.6 is 0 Å². The van der Waals surface area contributed by atoms with Crippen molar-refractivity contribution in [3.05, 3.63) is 53.1 Å². The average molecular weight is 366 g/mol. The number of rotatable bonds is 5. The van der Waals surface area contributed by atoms with Crippen LogP contribution in [0.1, 0.15) is 23.6 Å². The minimum Gasteiger partial charge on any atom is -0.493 e. The number of fused-ring (bicyclic) bond motifs is 1. The van der Waals surface area contributed by atoms with Crippen LogP contribution in [0.5, 0.6) is 11.5 Å². The third-order valence-electron chi connectivity index (χ3n) is 5.15. The van der Waals surface area contributed by atoms with Gasteiger partial charge in [-0.05, 0) is 36.8 Å². The van der Waals surface area contributed by atoms with Crippen molar-refractivity contribution in [1.29, 1.82) is 5.26 Å². The Bertz CT molecular complexity index is 889. The molecule has 140 valence electrons. The van der Waals surface area contributed by atoms with E-state index in [1.54, 1.807) is 32.4 Å². The molecule has 27 heavy (non-hydrogen) atoms. The molecule has 6 nitrogen and oxygen atoms in total. The summed E-state index contributed by atoms with van der Waals surface area (Å²) in [5, 5.41) is 12.1. The van der Waals surface area contributed by atoms with Gasteiger partial charge in [-0.2, -0.15) is 5.26 Å². The topological polar surface area (TPSA) is 75.8 Å². The summed E-state index contributed by atoms with van der Waals surface area (Å²) in [7, 11) is 3.26. The highest BCUT2D eigenvalue weighted by Crippen LogP contribution is 2.31. The van der Waals surface area contributed by atoms with Gasteiger partial charge in [0.2, 0.25) is 0 Å². The minimum atomic E-state index is -0.238. The summed E-state index contributed by atoms with van der Waals surface area (Å²) < 4.78 is 10.8. The molecule has 0 aliphatic carbocycles. The van der Waals surface area contributed by atoms with Crippen molar-refractivity contribution in [1.82, 2.24) is 0 Å². The summed E-state index contributed by atoms with van der Waals surface area (Å²) in [5.41, 5.74) is 3.43. The lowest BCUT2D eigenvalue weighted by molar-refractivity contribution is -0.929. The van der Waals surface area contributed by atoms with E-state index in [0.29, 0.717) is 17.0 Å². The number of nitrogens with one attached hydrogen (secondary N) is 2. The van der Waals surface area contributed by atoms with Crippen LogP contribution in [0, 0.1) is 11.3 Å². The van der Waals surface area contributed by atoms with Gasteiger partial charge in [-0.3, -0.25) is 4.79 Å². The molecule has 1 aliphatic rings. The Kier molecular flexibility index (Phi) is 5.63. The maximum Gasteiger partial charge on any atom is 0.282 e. The smallest absolute Gasteiger partial charge is 0.282 e. The molecule has 1 heterocycles. The summed E-state index contributed by atoms with van der Waals surface area (Å²) in [4.78, 5) is 13.9. The van der Waals surface area contributed by atoms with E-state index < -0.39 is 0 Å². The largest absolute Gasteiger partial charge is 0.493 e. The zero-order valence-electron chi connectivity index (χ0n) is 15.8. The van der Waals surface area contributed by atoms with Crippen LogP contribution in [0.4, 0.5) is 5.69 Å². The van der Waals surface area contributed by atoms with Gasteiger partial charge < -0.3 is 19.7 Å². The van der Waals surface area contributed by atoms with Crippen molar-refractivity contribution in [2.45, 2.75) is 25.9 Å². The summed E-state index contributed by atoms with van der Waals surface area (Å²) in [6, 6.07) is 12.9. The van der Waals surface area contributed by atoms with Gasteiger partial charge in [0.1, 0.15) is 12.6 Å². The monoisotopic (exact) mass is 366 g/mol. The number of methoxy groups -OCH3 is 2. The summed E-state index contributed by atoms with van der Waals surface area (Å²) in [6.45, 7) is 3.52. The lowest BCUT2D eigenvalue weighted by Crippen LogP contribution is -3.16. The van der Waals surface area contributed by atoms with Crippen molar-refractivity contribution >= 4 is 11.6 Å². The summed E-state index contributed by atoms with van der Waals surface area (Å²) in [5.74, 6) is 1.35. The zero-order chi connectivity index (χ0) is 19.4. The third-order valence-corrected chi connectivity index (χ3v) is 5.15. The molecule has 1 unspecified atom stereocenters. The summed E-state index contributed by atoms with van der Waals surface area (Å²) >= 11 is 0. The van der Waals surface area contributed by atoms with Crippen molar-refractivity contribution in [3.8, 4) is 17.6 Å². The highest BCUT2D eigenvalue weighted by Gasteiger charge is 2.30. The number of benzene rings is 2. The number of para-hydroxylation sites is 1. The molecule has 0 saturated heterocycles. The van der Waals surface area contributed by atoms with E-state index in [2.05, 4.69) is 11.4 Å². The highest BCUT2D eigenvalue weighted by atomic mass is 16.5. The number of hydrogen-bond acceptors (Lipinski definition) is 4. The van der Waals surface area contributed by atoms with E-state index >= 15 is 0 Å². The number of nitrogens with zero attached hydrogens (tertiary/aromatic N) is 1. The Balaban J connectivity index is 1.74. The van der Waals surface area contributed by atoms with E-state index in [1.807, 2.05) is 25.1 Å². The molecule has 0 saturated carbocycles. The number of amides is 1. The molecule has 0 fully saturated rings. The molecule has 3 rings (SSSR count). The van der Waals surface area contributed by atoms with Crippen LogP contribution in [-0.4, -0.2) is 32.7 Å². The first kappa shape index (κ1) is 18.7. The fourth-order valence-corrected chi connectivity index (χ4v) is 3.47. The number of ether oxygens (including phenoxy) is 2.